The lowest BCUT2D eigenvalue weighted by Crippen LogP contribution is -2.48. The highest BCUT2D eigenvalue weighted by atomic mass is 16.1. The molecule has 0 spiro atoms. The standard InChI is InChI=1S/C25H30N4O/c1-20-18-23(21(2)29(20)13-11-22-8-4-3-5-9-22)24(30)19-27-14-16-28(17-15-27)25-10-6-7-12-26-25/h3-10,12,18H,11,13-17,19H2,1-2H3. The van der Waals surface area contributed by atoms with Crippen molar-refractivity contribution in [3.63, 3.8) is 0 Å². The van der Waals surface area contributed by atoms with Gasteiger partial charge in [0.1, 0.15) is 5.82 Å². The van der Waals surface area contributed by atoms with E-state index in [1.807, 2.05) is 30.5 Å². The summed E-state index contributed by atoms with van der Waals surface area (Å²) in [6.07, 6.45) is 2.80. The summed E-state index contributed by atoms with van der Waals surface area (Å²) < 4.78 is 2.28. The molecule has 1 aromatic carbocycles. The monoisotopic (exact) mass is 402 g/mol. The number of carbonyl (C=O) groups excluding carboxylic acids is 1. The van der Waals surface area contributed by atoms with E-state index in [2.05, 4.69) is 63.5 Å². The molecule has 0 amide bonds. The van der Waals surface area contributed by atoms with Crippen molar-refractivity contribution in [1.29, 1.82) is 0 Å². The second kappa shape index (κ2) is 9.26. The van der Waals surface area contributed by atoms with Crippen molar-refractivity contribution in [2.75, 3.05) is 37.6 Å². The smallest absolute Gasteiger partial charge is 0.178 e. The Morgan fingerprint density at radius 3 is 2.40 bits per heavy atom. The number of nitrogens with zero attached hydrogens (tertiary/aromatic N) is 4. The molecule has 1 saturated heterocycles. The second-order valence-electron chi connectivity index (χ2n) is 8.05. The van der Waals surface area contributed by atoms with Crippen molar-refractivity contribution in [1.82, 2.24) is 14.5 Å². The number of anilines is 1. The minimum Gasteiger partial charge on any atom is -0.354 e. The quantitative estimate of drug-likeness (QED) is 0.565. The molecule has 1 fully saturated rings. The first kappa shape index (κ1) is 20.4. The van der Waals surface area contributed by atoms with Crippen LogP contribution in [0.2, 0.25) is 0 Å². The van der Waals surface area contributed by atoms with Crippen molar-refractivity contribution in [2.24, 2.45) is 0 Å². The fourth-order valence-corrected chi connectivity index (χ4v) is 4.28. The first-order chi connectivity index (χ1) is 14.6. The molecule has 1 aliphatic rings. The van der Waals surface area contributed by atoms with E-state index in [4.69, 9.17) is 0 Å². The van der Waals surface area contributed by atoms with Gasteiger partial charge in [0.15, 0.2) is 5.78 Å². The lowest BCUT2D eigenvalue weighted by atomic mass is 10.1. The number of piperazine rings is 1. The molecule has 3 heterocycles. The molecule has 0 N–H and O–H groups in total. The number of pyridine rings is 1. The van der Waals surface area contributed by atoms with Crippen molar-refractivity contribution < 1.29 is 4.79 Å². The molecule has 156 valence electrons. The van der Waals surface area contributed by atoms with Crippen LogP contribution in [0.3, 0.4) is 0 Å². The highest BCUT2D eigenvalue weighted by Gasteiger charge is 2.22. The number of benzene rings is 1. The molecule has 0 aliphatic carbocycles. The van der Waals surface area contributed by atoms with E-state index in [1.165, 1.54) is 5.56 Å². The molecule has 0 saturated carbocycles. The van der Waals surface area contributed by atoms with Crippen LogP contribution < -0.4 is 4.90 Å². The molecule has 0 bridgehead atoms. The fourth-order valence-electron chi connectivity index (χ4n) is 4.28. The molecule has 5 heteroatoms. The number of aromatic nitrogens is 2. The average Bonchev–Trinajstić information content (AvgIpc) is 3.07. The Kier molecular flexibility index (Phi) is 6.29. The summed E-state index contributed by atoms with van der Waals surface area (Å²) in [4.78, 5) is 22.0. The Morgan fingerprint density at radius 1 is 0.967 bits per heavy atom. The summed E-state index contributed by atoms with van der Waals surface area (Å²) in [6, 6.07) is 18.6. The van der Waals surface area contributed by atoms with Crippen LogP contribution in [0.4, 0.5) is 5.82 Å². The molecule has 1 aliphatic heterocycles. The van der Waals surface area contributed by atoms with Crippen molar-refractivity contribution >= 4 is 11.6 Å². The number of hydrogen-bond donors (Lipinski definition) is 0. The topological polar surface area (TPSA) is 41.4 Å². The Labute approximate surface area is 179 Å². The van der Waals surface area contributed by atoms with Crippen LogP contribution in [0.15, 0.2) is 60.8 Å². The van der Waals surface area contributed by atoms with Crippen molar-refractivity contribution in [3.05, 3.63) is 83.3 Å². The van der Waals surface area contributed by atoms with Crippen LogP contribution in [0, 0.1) is 13.8 Å². The van der Waals surface area contributed by atoms with Gasteiger partial charge in [-0.2, -0.15) is 0 Å². The third kappa shape index (κ3) is 4.62. The van der Waals surface area contributed by atoms with Gasteiger partial charge in [0.05, 0.1) is 6.54 Å². The fraction of sp³-hybridized carbons (Fsp3) is 0.360. The SMILES string of the molecule is Cc1cc(C(=O)CN2CCN(c3ccccn3)CC2)c(C)n1CCc1ccccc1. The van der Waals surface area contributed by atoms with Gasteiger partial charge in [-0.3, -0.25) is 9.69 Å². The number of Topliss-reactive ketones (excluding diaryl/α,β-unsaturated/α-hetero) is 1. The molecule has 0 radical (unpaired) electrons. The molecule has 4 rings (SSSR count). The molecular formula is C25H30N4O. The summed E-state index contributed by atoms with van der Waals surface area (Å²) in [5.74, 6) is 1.24. The third-order valence-electron chi connectivity index (χ3n) is 6.05. The van der Waals surface area contributed by atoms with Crippen LogP contribution in [0.25, 0.3) is 0 Å². The number of hydrogen-bond acceptors (Lipinski definition) is 4. The Morgan fingerprint density at radius 2 is 1.70 bits per heavy atom. The van der Waals surface area contributed by atoms with Gasteiger partial charge in [-0.05, 0) is 44.0 Å². The predicted octanol–water partition coefficient (Wildman–Crippen LogP) is 3.75. The molecule has 2 aromatic heterocycles. The van der Waals surface area contributed by atoms with Gasteiger partial charge in [-0.15, -0.1) is 0 Å². The van der Waals surface area contributed by atoms with E-state index in [0.29, 0.717) is 6.54 Å². The van der Waals surface area contributed by atoms with Crippen LogP contribution in [0.1, 0.15) is 27.3 Å². The zero-order valence-electron chi connectivity index (χ0n) is 17.9. The maximum absolute atomic E-state index is 13.0. The molecule has 0 atom stereocenters. The van der Waals surface area contributed by atoms with Crippen LogP contribution in [-0.2, 0) is 13.0 Å². The Bertz CT molecular complexity index is 973. The van der Waals surface area contributed by atoms with Gasteiger partial charge in [-0.25, -0.2) is 4.98 Å². The van der Waals surface area contributed by atoms with E-state index in [9.17, 15) is 4.79 Å². The van der Waals surface area contributed by atoms with Crippen molar-refractivity contribution in [2.45, 2.75) is 26.8 Å². The maximum Gasteiger partial charge on any atom is 0.178 e. The lowest BCUT2D eigenvalue weighted by Gasteiger charge is -2.35. The van der Waals surface area contributed by atoms with Crippen molar-refractivity contribution in [3.8, 4) is 0 Å². The number of ketones is 1. The average molecular weight is 403 g/mol. The highest BCUT2D eigenvalue weighted by molar-refractivity contribution is 5.99. The summed E-state index contributed by atoms with van der Waals surface area (Å²) in [6.45, 7) is 9.13. The molecule has 0 unspecified atom stereocenters. The van der Waals surface area contributed by atoms with Crippen LogP contribution in [0.5, 0.6) is 0 Å². The van der Waals surface area contributed by atoms with Gasteiger partial charge >= 0.3 is 0 Å². The lowest BCUT2D eigenvalue weighted by molar-refractivity contribution is 0.0925. The Hall–Kier alpha value is -2.92. The molecular weight excluding hydrogens is 372 g/mol. The Balaban J connectivity index is 1.35. The minimum atomic E-state index is 0.223. The van der Waals surface area contributed by atoms with Gasteiger partial charge < -0.3 is 9.47 Å². The van der Waals surface area contributed by atoms with Gasteiger partial charge in [0.2, 0.25) is 0 Å². The predicted molar refractivity (Wildman–Crippen MR) is 121 cm³/mol. The molecule has 5 nitrogen and oxygen atoms in total. The van der Waals surface area contributed by atoms with Crippen LogP contribution >= 0.6 is 0 Å². The number of aryl methyl sites for hydroxylation is 2. The van der Waals surface area contributed by atoms with E-state index in [0.717, 1.165) is 61.9 Å². The van der Waals surface area contributed by atoms with Gasteiger partial charge in [-0.1, -0.05) is 36.4 Å². The van der Waals surface area contributed by atoms with Crippen LogP contribution in [-0.4, -0.2) is 53.0 Å². The minimum absolute atomic E-state index is 0.223. The van der Waals surface area contributed by atoms with Gasteiger partial charge in [0, 0.05) is 55.9 Å². The normalized spacial score (nSPS) is 14.8. The second-order valence-corrected chi connectivity index (χ2v) is 8.05. The largest absolute Gasteiger partial charge is 0.354 e. The number of rotatable bonds is 7. The zero-order chi connectivity index (χ0) is 20.9. The van der Waals surface area contributed by atoms with Gasteiger partial charge in [0.25, 0.3) is 0 Å². The van der Waals surface area contributed by atoms with E-state index >= 15 is 0 Å². The number of carbonyl (C=O) groups is 1. The molecule has 3 aromatic rings. The maximum atomic E-state index is 13.0. The first-order valence-corrected chi connectivity index (χ1v) is 10.7. The van der Waals surface area contributed by atoms with E-state index in [1.54, 1.807) is 0 Å². The summed E-state index contributed by atoms with van der Waals surface area (Å²) in [7, 11) is 0. The summed E-state index contributed by atoms with van der Waals surface area (Å²) in [5, 5.41) is 0. The zero-order valence-corrected chi connectivity index (χ0v) is 17.9. The van der Waals surface area contributed by atoms with E-state index in [-0.39, 0.29) is 5.78 Å². The summed E-state index contributed by atoms with van der Waals surface area (Å²) >= 11 is 0. The first-order valence-electron chi connectivity index (χ1n) is 10.7. The third-order valence-corrected chi connectivity index (χ3v) is 6.05. The highest BCUT2D eigenvalue weighted by Crippen LogP contribution is 2.18. The molecule has 30 heavy (non-hydrogen) atoms. The van der Waals surface area contributed by atoms with E-state index < -0.39 is 0 Å². The summed E-state index contributed by atoms with van der Waals surface area (Å²) in [5.41, 5.74) is 4.43.